The molecule has 0 aromatic carbocycles. The van der Waals surface area contributed by atoms with Crippen LogP contribution in [0.1, 0.15) is 69.5 Å². The minimum absolute atomic E-state index is 0.427. The SMILES string of the molecule is CC(CCC(C)c1cnn(C(C)C)c1)c1cnn(S)c1. The molecule has 2 rings (SSSR count). The van der Waals surface area contributed by atoms with E-state index < -0.39 is 0 Å². The quantitative estimate of drug-likeness (QED) is 0.816. The van der Waals surface area contributed by atoms with Gasteiger partial charge in [0.1, 0.15) is 0 Å². The van der Waals surface area contributed by atoms with Crippen LogP contribution in [0.3, 0.4) is 0 Å². The monoisotopic (exact) mass is 292 g/mol. The van der Waals surface area contributed by atoms with Crippen LogP contribution in [0.5, 0.6) is 0 Å². The van der Waals surface area contributed by atoms with E-state index in [1.807, 2.05) is 23.3 Å². The van der Waals surface area contributed by atoms with Gasteiger partial charge in [-0.3, -0.25) is 4.68 Å². The molecule has 0 fully saturated rings. The van der Waals surface area contributed by atoms with E-state index >= 15 is 0 Å². The molecule has 5 heteroatoms. The summed E-state index contributed by atoms with van der Waals surface area (Å²) >= 11 is 4.18. The summed E-state index contributed by atoms with van der Waals surface area (Å²) in [6.45, 7) is 8.82. The second-order valence-corrected chi connectivity index (χ2v) is 6.33. The first kappa shape index (κ1) is 15.2. The molecule has 0 amide bonds. The van der Waals surface area contributed by atoms with E-state index in [9.17, 15) is 0 Å². The highest BCUT2D eigenvalue weighted by Crippen LogP contribution is 2.27. The summed E-state index contributed by atoms with van der Waals surface area (Å²) in [5.41, 5.74) is 2.58. The van der Waals surface area contributed by atoms with E-state index in [0.29, 0.717) is 17.9 Å². The molecule has 20 heavy (non-hydrogen) atoms. The van der Waals surface area contributed by atoms with E-state index in [1.165, 1.54) is 11.1 Å². The van der Waals surface area contributed by atoms with Crippen molar-refractivity contribution in [2.75, 3.05) is 0 Å². The van der Waals surface area contributed by atoms with Gasteiger partial charge in [0.05, 0.1) is 12.4 Å². The lowest BCUT2D eigenvalue weighted by atomic mass is 9.92. The van der Waals surface area contributed by atoms with Crippen LogP contribution in [-0.2, 0) is 0 Å². The number of hydrogen-bond donors (Lipinski definition) is 1. The van der Waals surface area contributed by atoms with Crippen molar-refractivity contribution in [2.24, 2.45) is 0 Å². The Morgan fingerprint density at radius 3 is 1.95 bits per heavy atom. The van der Waals surface area contributed by atoms with Gasteiger partial charge < -0.3 is 0 Å². The lowest BCUT2D eigenvalue weighted by Gasteiger charge is -2.13. The van der Waals surface area contributed by atoms with Crippen molar-refractivity contribution in [1.82, 2.24) is 19.0 Å². The van der Waals surface area contributed by atoms with Crippen LogP contribution in [0.15, 0.2) is 24.8 Å². The Morgan fingerprint density at radius 1 is 0.950 bits per heavy atom. The zero-order valence-electron chi connectivity index (χ0n) is 12.7. The molecular formula is C15H24N4S. The molecule has 2 aromatic rings. The third-order valence-corrected chi connectivity index (χ3v) is 4.13. The number of nitrogens with zero attached hydrogens (tertiary/aromatic N) is 4. The van der Waals surface area contributed by atoms with Crippen molar-refractivity contribution in [1.29, 1.82) is 0 Å². The van der Waals surface area contributed by atoms with E-state index in [0.717, 1.165) is 12.8 Å². The average Bonchev–Trinajstić information content (AvgIpc) is 3.04. The number of thiol groups is 1. The smallest absolute Gasteiger partial charge is 0.0535 e. The summed E-state index contributed by atoms with van der Waals surface area (Å²) < 4.78 is 3.60. The topological polar surface area (TPSA) is 35.6 Å². The summed E-state index contributed by atoms with van der Waals surface area (Å²) in [5.74, 6) is 1.05. The highest BCUT2D eigenvalue weighted by atomic mass is 32.1. The van der Waals surface area contributed by atoms with Crippen LogP contribution in [0.2, 0.25) is 0 Å². The molecule has 2 atom stereocenters. The van der Waals surface area contributed by atoms with Gasteiger partial charge in [0.25, 0.3) is 0 Å². The molecule has 2 heterocycles. The van der Waals surface area contributed by atoms with E-state index in [4.69, 9.17) is 0 Å². The van der Waals surface area contributed by atoms with Crippen molar-refractivity contribution in [3.05, 3.63) is 35.9 Å². The predicted molar refractivity (Wildman–Crippen MR) is 85.3 cm³/mol. The molecule has 4 nitrogen and oxygen atoms in total. The van der Waals surface area contributed by atoms with Gasteiger partial charge in [0.2, 0.25) is 0 Å². The van der Waals surface area contributed by atoms with Gasteiger partial charge in [-0.1, -0.05) is 13.8 Å². The van der Waals surface area contributed by atoms with Crippen LogP contribution in [-0.4, -0.2) is 19.0 Å². The van der Waals surface area contributed by atoms with Crippen LogP contribution < -0.4 is 0 Å². The molecular weight excluding hydrogens is 268 g/mol. The number of rotatable bonds is 6. The lowest BCUT2D eigenvalue weighted by Crippen LogP contribution is -2.01. The fourth-order valence-corrected chi connectivity index (χ4v) is 2.49. The Labute approximate surface area is 126 Å². The molecule has 2 aromatic heterocycles. The molecule has 0 N–H and O–H groups in total. The third-order valence-electron chi connectivity index (χ3n) is 3.91. The zero-order chi connectivity index (χ0) is 14.7. The second kappa shape index (κ2) is 6.48. The predicted octanol–water partition coefficient (Wildman–Crippen LogP) is 4.04. The van der Waals surface area contributed by atoms with Crippen LogP contribution in [0.4, 0.5) is 0 Å². The number of hydrogen-bond acceptors (Lipinski definition) is 3. The number of aromatic nitrogens is 4. The van der Waals surface area contributed by atoms with Crippen LogP contribution >= 0.6 is 12.8 Å². The van der Waals surface area contributed by atoms with Gasteiger partial charge in [-0.2, -0.15) is 10.2 Å². The molecule has 0 bridgehead atoms. The molecule has 0 radical (unpaired) electrons. The van der Waals surface area contributed by atoms with E-state index in [1.54, 1.807) is 4.09 Å². The van der Waals surface area contributed by atoms with Gasteiger partial charge in [0, 0.05) is 18.4 Å². The fraction of sp³-hybridized carbons (Fsp3) is 0.600. The van der Waals surface area contributed by atoms with Crippen molar-refractivity contribution in [3.8, 4) is 0 Å². The molecule has 0 saturated heterocycles. The maximum Gasteiger partial charge on any atom is 0.0535 e. The fourth-order valence-electron chi connectivity index (χ4n) is 2.30. The lowest BCUT2D eigenvalue weighted by molar-refractivity contribution is 0.529. The molecule has 0 aliphatic heterocycles. The molecule has 0 aliphatic rings. The van der Waals surface area contributed by atoms with Gasteiger partial charge >= 0.3 is 0 Å². The Morgan fingerprint density at radius 2 is 1.50 bits per heavy atom. The molecule has 0 saturated carbocycles. The maximum absolute atomic E-state index is 4.42. The maximum atomic E-state index is 4.42. The molecule has 110 valence electrons. The Balaban J connectivity index is 1.89. The summed E-state index contributed by atoms with van der Waals surface area (Å²) in [6.07, 6.45) is 10.4. The largest absolute Gasteiger partial charge is 0.270 e. The third kappa shape index (κ3) is 3.66. The van der Waals surface area contributed by atoms with Gasteiger partial charge in [-0.05, 0) is 62.5 Å². The van der Waals surface area contributed by atoms with Crippen LogP contribution in [0, 0.1) is 0 Å². The van der Waals surface area contributed by atoms with Gasteiger partial charge in [-0.25, -0.2) is 4.09 Å². The normalized spacial score (nSPS) is 14.7. The standard InChI is InChI=1S/C15H24N4S/c1-11(2)18-9-14(7-16-18)12(3)5-6-13(4)15-8-17-19(20)10-15/h7-13,20H,5-6H2,1-4H3. The van der Waals surface area contributed by atoms with Crippen molar-refractivity contribution in [2.45, 2.75) is 58.4 Å². The van der Waals surface area contributed by atoms with E-state index in [2.05, 4.69) is 56.9 Å². The average molecular weight is 292 g/mol. The first-order valence-electron chi connectivity index (χ1n) is 7.25. The Kier molecular flexibility index (Phi) is 4.91. The Hall–Kier alpha value is -1.23. The van der Waals surface area contributed by atoms with Gasteiger partial charge in [-0.15, -0.1) is 0 Å². The molecule has 0 spiro atoms. The Bertz CT molecular complexity index is 544. The molecule has 2 unspecified atom stereocenters. The highest BCUT2D eigenvalue weighted by molar-refractivity contribution is 7.78. The minimum Gasteiger partial charge on any atom is -0.270 e. The zero-order valence-corrected chi connectivity index (χ0v) is 13.6. The minimum atomic E-state index is 0.427. The first-order chi connectivity index (χ1) is 9.47. The van der Waals surface area contributed by atoms with Gasteiger partial charge in [0.15, 0.2) is 0 Å². The first-order valence-corrected chi connectivity index (χ1v) is 7.65. The summed E-state index contributed by atoms with van der Waals surface area (Å²) in [5, 5.41) is 8.53. The summed E-state index contributed by atoms with van der Waals surface area (Å²) in [4.78, 5) is 0. The van der Waals surface area contributed by atoms with Crippen molar-refractivity contribution < 1.29 is 0 Å². The summed E-state index contributed by atoms with van der Waals surface area (Å²) in [6, 6.07) is 0.427. The van der Waals surface area contributed by atoms with Crippen molar-refractivity contribution >= 4 is 12.8 Å². The highest BCUT2D eigenvalue weighted by Gasteiger charge is 2.13. The van der Waals surface area contributed by atoms with Crippen molar-refractivity contribution in [3.63, 3.8) is 0 Å². The van der Waals surface area contributed by atoms with E-state index in [-0.39, 0.29) is 0 Å². The second-order valence-electron chi connectivity index (χ2n) is 5.92. The summed E-state index contributed by atoms with van der Waals surface area (Å²) in [7, 11) is 0. The molecule has 0 aliphatic carbocycles. The van der Waals surface area contributed by atoms with Crippen LogP contribution in [0.25, 0.3) is 0 Å².